The van der Waals surface area contributed by atoms with Crippen molar-refractivity contribution in [3.8, 4) is 0 Å². The molecule has 3 aliphatic rings. The zero-order chi connectivity index (χ0) is 13.3. The average molecular weight is 264 g/mol. The molecule has 0 aromatic rings. The number of hydrogen-bond donors (Lipinski definition) is 1. The molecule has 19 heavy (non-hydrogen) atoms. The molecular formula is C17H32N2. The van der Waals surface area contributed by atoms with Gasteiger partial charge in [0.15, 0.2) is 0 Å². The highest BCUT2D eigenvalue weighted by atomic mass is 15.2. The Morgan fingerprint density at radius 2 is 1.89 bits per heavy atom. The Bertz CT molecular complexity index is 304. The molecule has 1 heterocycles. The van der Waals surface area contributed by atoms with Gasteiger partial charge in [-0.1, -0.05) is 19.8 Å². The van der Waals surface area contributed by atoms with E-state index in [9.17, 15) is 0 Å². The van der Waals surface area contributed by atoms with Crippen molar-refractivity contribution in [2.75, 3.05) is 26.2 Å². The molecule has 1 atom stereocenters. The maximum absolute atomic E-state index is 3.86. The van der Waals surface area contributed by atoms with Crippen LogP contribution in [0.15, 0.2) is 0 Å². The van der Waals surface area contributed by atoms with E-state index in [4.69, 9.17) is 0 Å². The topological polar surface area (TPSA) is 15.3 Å². The van der Waals surface area contributed by atoms with Crippen molar-refractivity contribution in [2.45, 2.75) is 70.8 Å². The van der Waals surface area contributed by atoms with Gasteiger partial charge in [0, 0.05) is 18.6 Å². The SMILES string of the molecule is CCC1(CN2CCCNC(C)(C3CC3)C2)CCCC1. The summed E-state index contributed by atoms with van der Waals surface area (Å²) in [5.74, 6) is 0.953. The molecule has 3 fully saturated rings. The second kappa shape index (κ2) is 5.37. The van der Waals surface area contributed by atoms with Crippen LogP contribution in [-0.2, 0) is 0 Å². The standard InChI is InChI=1S/C17H32N2/c1-3-17(9-4-5-10-17)14-19-12-6-11-18-16(2,13-19)15-7-8-15/h15,18H,3-14H2,1-2H3. The summed E-state index contributed by atoms with van der Waals surface area (Å²) < 4.78 is 0. The normalized spacial score (nSPS) is 36.3. The van der Waals surface area contributed by atoms with Crippen molar-refractivity contribution >= 4 is 0 Å². The Morgan fingerprint density at radius 3 is 2.53 bits per heavy atom. The van der Waals surface area contributed by atoms with Crippen LogP contribution in [0, 0.1) is 11.3 Å². The molecule has 0 radical (unpaired) electrons. The van der Waals surface area contributed by atoms with Crippen LogP contribution >= 0.6 is 0 Å². The summed E-state index contributed by atoms with van der Waals surface area (Å²) in [5, 5.41) is 3.86. The van der Waals surface area contributed by atoms with E-state index in [1.165, 1.54) is 77.5 Å². The first kappa shape index (κ1) is 13.9. The van der Waals surface area contributed by atoms with E-state index in [1.54, 1.807) is 0 Å². The van der Waals surface area contributed by atoms with Crippen LogP contribution in [-0.4, -0.2) is 36.6 Å². The Labute approximate surface area is 119 Å². The highest BCUT2D eigenvalue weighted by molar-refractivity contribution is 5.01. The Hall–Kier alpha value is -0.0800. The third kappa shape index (κ3) is 3.00. The molecule has 1 aliphatic heterocycles. The van der Waals surface area contributed by atoms with Crippen molar-refractivity contribution in [1.29, 1.82) is 0 Å². The zero-order valence-electron chi connectivity index (χ0n) is 13.0. The summed E-state index contributed by atoms with van der Waals surface area (Å²) in [5.41, 5.74) is 1.07. The Balaban J connectivity index is 1.65. The molecule has 3 rings (SSSR count). The summed E-state index contributed by atoms with van der Waals surface area (Å²) in [6.45, 7) is 10.1. The van der Waals surface area contributed by atoms with E-state index in [2.05, 4.69) is 24.1 Å². The molecule has 0 bridgehead atoms. The van der Waals surface area contributed by atoms with Crippen LogP contribution in [0.1, 0.15) is 65.2 Å². The van der Waals surface area contributed by atoms with E-state index >= 15 is 0 Å². The summed E-state index contributed by atoms with van der Waals surface area (Å²) >= 11 is 0. The Morgan fingerprint density at radius 1 is 1.16 bits per heavy atom. The van der Waals surface area contributed by atoms with E-state index in [0.717, 1.165) is 5.92 Å². The molecule has 0 aromatic heterocycles. The van der Waals surface area contributed by atoms with E-state index in [1.807, 2.05) is 0 Å². The summed E-state index contributed by atoms with van der Waals surface area (Å²) in [6, 6.07) is 0. The highest BCUT2D eigenvalue weighted by Gasteiger charge is 2.44. The predicted octanol–water partition coefficient (Wildman–Crippen LogP) is 3.42. The van der Waals surface area contributed by atoms with Crippen LogP contribution in [0.4, 0.5) is 0 Å². The third-order valence-electron chi connectivity index (χ3n) is 6.18. The second-order valence-corrected chi connectivity index (χ2v) is 7.74. The maximum Gasteiger partial charge on any atom is 0.0308 e. The molecule has 1 N–H and O–H groups in total. The number of nitrogens with zero attached hydrogens (tertiary/aromatic N) is 1. The van der Waals surface area contributed by atoms with Gasteiger partial charge in [-0.05, 0) is 69.9 Å². The van der Waals surface area contributed by atoms with E-state index < -0.39 is 0 Å². The molecule has 0 amide bonds. The number of hydrogen-bond acceptors (Lipinski definition) is 2. The number of nitrogens with one attached hydrogen (secondary N) is 1. The van der Waals surface area contributed by atoms with Gasteiger partial charge >= 0.3 is 0 Å². The molecular weight excluding hydrogens is 232 g/mol. The van der Waals surface area contributed by atoms with Crippen LogP contribution in [0.2, 0.25) is 0 Å². The van der Waals surface area contributed by atoms with Gasteiger partial charge < -0.3 is 10.2 Å². The van der Waals surface area contributed by atoms with E-state index in [-0.39, 0.29) is 0 Å². The van der Waals surface area contributed by atoms with Gasteiger partial charge in [-0.2, -0.15) is 0 Å². The van der Waals surface area contributed by atoms with E-state index in [0.29, 0.717) is 11.0 Å². The fraction of sp³-hybridized carbons (Fsp3) is 1.00. The molecule has 1 unspecified atom stereocenters. The Kier molecular flexibility index (Phi) is 3.92. The van der Waals surface area contributed by atoms with Gasteiger partial charge in [0.05, 0.1) is 0 Å². The highest BCUT2D eigenvalue weighted by Crippen LogP contribution is 2.44. The molecule has 2 heteroatoms. The third-order valence-corrected chi connectivity index (χ3v) is 6.18. The second-order valence-electron chi connectivity index (χ2n) is 7.74. The van der Waals surface area contributed by atoms with Crippen LogP contribution < -0.4 is 5.32 Å². The quantitative estimate of drug-likeness (QED) is 0.837. The van der Waals surface area contributed by atoms with Gasteiger partial charge in [-0.25, -0.2) is 0 Å². The minimum Gasteiger partial charge on any atom is -0.310 e. The first-order valence-corrected chi connectivity index (χ1v) is 8.63. The molecule has 0 spiro atoms. The van der Waals surface area contributed by atoms with Crippen molar-refractivity contribution < 1.29 is 0 Å². The van der Waals surface area contributed by atoms with Gasteiger partial charge in [0.25, 0.3) is 0 Å². The molecule has 2 nitrogen and oxygen atoms in total. The lowest BCUT2D eigenvalue weighted by Crippen LogP contribution is -2.52. The van der Waals surface area contributed by atoms with Gasteiger partial charge in [-0.3, -0.25) is 0 Å². The fourth-order valence-corrected chi connectivity index (χ4v) is 4.63. The monoisotopic (exact) mass is 264 g/mol. The van der Waals surface area contributed by atoms with Crippen LogP contribution in [0.25, 0.3) is 0 Å². The summed E-state index contributed by atoms with van der Waals surface area (Å²) in [4.78, 5) is 2.81. The van der Waals surface area contributed by atoms with Gasteiger partial charge in [0.2, 0.25) is 0 Å². The number of rotatable bonds is 4. The van der Waals surface area contributed by atoms with Crippen LogP contribution in [0.5, 0.6) is 0 Å². The minimum atomic E-state index is 0.407. The van der Waals surface area contributed by atoms with Crippen molar-refractivity contribution in [3.05, 3.63) is 0 Å². The maximum atomic E-state index is 3.86. The minimum absolute atomic E-state index is 0.407. The summed E-state index contributed by atoms with van der Waals surface area (Å²) in [7, 11) is 0. The first-order chi connectivity index (χ1) is 9.16. The van der Waals surface area contributed by atoms with Crippen LogP contribution in [0.3, 0.4) is 0 Å². The largest absolute Gasteiger partial charge is 0.310 e. The molecule has 110 valence electrons. The van der Waals surface area contributed by atoms with Crippen molar-refractivity contribution in [1.82, 2.24) is 10.2 Å². The predicted molar refractivity (Wildman–Crippen MR) is 81.4 cm³/mol. The first-order valence-electron chi connectivity index (χ1n) is 8.63. The lowest BCUT2D eigenvalue weighted by molar-refractivity contribution is 0.122. The van der Waals surface area contributed by atoms with Crippen molar-refractivity contribution in [2.24, 2.45) is 11.3 Å². The van der Waals surface area contributed by atoms with Gasteiger partial charge in [-0.15, -0.1) is 0 Å². The fourth-order valence-electron chi connectivity index (χ4n) is 4.63. The molecule has 1 saturated heterocycles. The average Bonchev–Trinajstić information content (AvgIpc) is 3.18. The smallest absolute Gasteiger partial charge is 0.0308 e. The lowest BCUT2D eigenvalue weighted by atomic mass is 9.82. The zero-order valence-corrected chi connectivity index (χ0v) is 13.0. The lowest BCUT2D eigenvalue weighted by Gasteiger charge is -2.39. The van der Waals surface area contributed by atoms with Crippen molar-refractivity contribution in [3.63, 3.8) is 0 Å². The van der Waals surface area contributed by atoms with Gasteiger partial charge in [0.1, 0.15) is 0 Å². The molecule has 0 aromatic carbocycles. The molecule has 2 saturated carbocycles. The summed E-state index contributed by atoms with van der Waals surface area (Å²) in [6.07, 6.45) is 11.5. The molecule has 2 aliphatic carbocycles.